The van der Waals surface area contributed by atoms with Crippen molar-refractivity contribution in [2.45, 2.75) is 5.16 Å². The van der Waals surface area contributed by atoms with Gasteiger partial charge in [-0.2, -0.15) is 0 Å². The first kappa shape index (κ1) is 11.1. The second-order valence-electron chi connectivity index (χ2n) is 2.96. The molecule has 0 radical (unpaired) electrons. The van der Waals surface area contributed by atoms with Crippen LogP contribution in [0.3, 0.4) is 0 Å². The molecule has 0 aliphatic carbocycles. The van der Waals surface area contributed by atoms with Crippen LogP contribution in [-0.4, -0.2) is 21.1 Å². The van der Waals surface area contributed by atoms with Gasteiger partial charge in [-0.05, 0) is 12.3 Å². The van der Waals surface area contributed by atoms with Crippen molar-refractivity contribution in [3.63, 3.8) is 0 Å². The minimum atomic E-state index is -0.464. The molecule has 16 heavy (non-hydrogen) atoms. The summed E-state index contributed by atoms with van der Waals surface area (Å²) < 4.78 is 0. The summed E-state index contributed by atoms with van der Waals surface area (Å²) in [5.41, 5.74) is 0.480. The highest BCUT2D eigenvalue weighted by Crippen LogP contribution is 2.26. The number of rotatable bonds is 2. The summed E-state index contributed by atoms with van der Waals surface area (Å²) >= 11 is 7.27. The van der Waals surface area contributed by atoms with E-state index in [1.165, 1.54) is 23.9 Å². The maximum absolute atomic E-state index is 10.6. The van der Waals surface area contributed by atoms with E-state index >= 15 is 0 Å². The second kappa shape index (κ2) is 4.23. The molecule has 0 aliphatic rings. The van der Waals surface area contributed by atoms with E-state index in [9.17, 15) is 10.1 Å². The standard InChI is InChI=1S/C9H6ClN3O2S/c1-16-9-11-7-4-5(13(14)15)2-3-6(7)8(10)12-9/h2-4H,1H3. The number of nitrogens with zero attached hydrogens (tertiary/aromatic N) is 3. The molecule has 1 aromatic carbocycles. The highest BCUT2D eigenvalue weighted by Gasteiger charge is 2.10. The summed E-state index contributed by atoms with van der Waals surface area (Å²) in [6, 6.07) is 4.33. The lowest BCUT2D eigenvalue weighted by molar-refractivity contribution is -0.384. The highest BCUT2D eigenvalue weighted by molar-refractivity contribution is 7.98. The number of nitro benzene ring substituents is 1. The fraction of sp³-hybridized carbons (Fsp3) is 0.111. The fourth-order valence-electron chi connectivity index (χ4n) is 1.26. The molecule has 0 bridgehead atoms. The summed E-state index contributed by atoms with van der Waals surface area (Å²) in [5.74, 6) is 0. The van der Waals surface area contributed by atoms with Crippen LogP contribution in [0, 0.1) is 10.1 Å². The number of halogens is 1. The molecule has 0 saturated heterocycles. The number of benzene rings is 1. The molecule has 0 spiro atoms. The van der Waals surface area contributed by atoms with Gasteiger partial charge in [0.05, 0.1) is 10.4 Å². The number of non-ortho nitro benzene ring substituents is 1. The maximum Gasteiger partial charge on any atom is 0.271 e. The largest absolute Gasteiger partial charge is 0.271 e. The molecule has 1 aromatic heterocycles. The van der Waals surface area contributed by atoms with Gasteiger partial charge in [-0.1, -0.05) is 23.4 Å². The molecule has 0 fully saturated rings. The average molecular weight is 256 g/mol. The Morgan fingerprint density at radius 3 is 2.81 bits per heavy atom. The Morgan fingerprint density at radius 1 is 1.44 bits per heavy atom. The molecular formula is C9H6ClN3O2S. The van der Waals surface area contributed by atoms with Crippen LogP contribution in [-0.2, 0) is 0 Å². The Morgan fingerprint density at radius 2 is 2.19 bits per heavy atom. The third-order valence-electron chi connectivity index (χ3n) is 2.01. The van der Waals surface area contributed by atoms with Crippen molar-refractivity contribution >= 4 is 40.0 Å². The third kappa shape index (κ3) is 1.94. The molecule has 7 heteroatoms. The zero-order valence-corrected chi connectivity index (χ0v) is 9.75. The van der Waals surface area contributed by atoms with Gasteiger partial charge in [0.1, 0.15) is 5.15 Å². The van der Waals surface area contributed by atoms with Gasteiger partial charge in [-0.3, -0.25) is 10.1 Å². The first-order valence-electron chi connectivity index (χ1n) is 4.27. The molecule has 0 unspecified atom stereocenters. The topological polar surface area (TPSA) is 68.9 Å². The van der Waals surface area contributed by atoms with E-state index in [0.717, 1.165) is 0 Å². The van der Waals surface area contributed by atoms with E-state index in [1.54, 1.807) is 6.07 Å². The normalized spacial score (nSPS) is 10.6. The summed E-state index contributed by atoms with van der Waals surface area (Å²) in [6.45, 7) is 0. The van der Waals surface area contributed by atoms with E-state index in [2.05, 4.69) is 9.97 Å². The number of aromatic nitrogens is 2. The van der Waals surface area contributed by atoms with Gasteiger partial charge in [0.15, 0.2) is 5.16 Å². The van der Waals surface area contributed by atoms with Crippen LogP contribution in [0.4, 0.5) is 5.69 Å². The lowest BCUT2D eigenvalue weighted by Crippen LogP contribution is -1.92. The van der Waals surface area contributed by atoms with Crippen molar-refractivity contribution in [2.75, 3.05) is 6.26 Å². The van der Waals surface area contributed by atoms with Crippen molar-refractivity contribution in [3.8, 4) is 0 Å². The molecule has 0 N–H and O–H groups in total. The van der Waals surface area contributed by atoms with E-state index < -0.39 is 4.92 Å². The van der Waals surface area contributed by atoms with Gasteiger partial charge in [-0.15, -0.1) is 0 Å². The van der Waals surface area contributed by atoms with Crippen molar-refractivity contribution in [1.82, 2.24) is 9.97 Å². The number of hydrogen-bond acceptors (Lipinski definition) is 5. The van der Waals surface area contributed by atoms with Gasteiger partial charge in [0.25, 0.3) is 5.69 Å². The van der Waals surface area contributed by atoms with Crippen molar-refractivity contribution < 1.29 is 4.92 Å². The van der Waals surface area contributed by atoms with Crippen LogP contribution in [0.15, 0.2) is 23.4 Å². The Bertz CT molecular complexity index is 576. The van der Waals surface area contributed by atoms with Crippen molar-refractivity contribution in [2.24, 2.45) is 0 Å². The van der Waals surface area contributed by atoms with Crippen LogP contribution in [0.5, 0.6) is 0 Å². The predicted octanol–water partition coefficient (Wildman–Crippen LogP) is 2.91. The second-order valence-corrected chi connectivity index (χ2v) is 4.09. The number of nitro groups is 1. The summed E-state index contributed by atoms with van der Waals surface area (Å²) in [5, 5.41) is 12.0. The van der Waals surface area contributed by atoms with E-state index in [-0.39, 0.29) is 5.69 Å². The average Bonchev–Trinajstić information content (AvgIpc) is 2.28. The van der Waals surface area contributed by atoms with E-state index in [0.29, 0.717) is 21.2 Å². The molecule has 0 aliphatic heterocycles. The Balaban J connectivity index is 2.71. The molecule has 82 valence electrons. The van der Waals surface area contributed by atoms with Crippen LogP contribution < -0.4 is 0 Å². The molecule has 0 atom stereocenters. The lowest BCUT2D eigenvalue weighted by atomic mass is 10.2. The Hall–Kier alpha value is -1.40. The quantitative estimate of drug-likeness (QED) is 0.271. The van der Waals surface area contributed by atoms with Gasteiger partial charge in [0.2, 0.25) is 0 Å². The van der Waals surface area contributed by atoms with E-state index in [1.807, 2.05) is 6.26 Å². The highest BCUT2D eigenvalue weighted by atomic mass is 35.5. The Kier molecular flexibility index (Phi) is 2.93. The molecule has 0 saturated carbocycles. The van der Waals surface area contributed by atoms with Crippen molar-refractivity contribution in [3.05, 3.63) is 33.5 Å². The lowest BCUT2D eigenvalue weighted by Gasteiger charge is -2.01. The predicted molar refractivity (Wildman–Crippen MR) is 63.0 cm³/mol. The summed E-state index contributed by atoms with van der Waals surface area (Å²) in [6.07, 6.45) is 1.81. The number of hydrogen-bond donors (Lipinski definition) is 0. The summed E-state index contributed by atoms with van der Waals surface area (Å²) in [7, 11) is 0. The molecule has 0 amide bonds. The third-order valence-corrected chi connectivity index (χ3v) is 2.84. The zero-order chi connectivity index (χ0) is 11.7. The monoisotopic (exact) mass is 255 g/mol. The first-order chi connectivity index (χ1) is 7.61. The van der Waals surface area contributed by atoms with Crippen LogP contribution in [0.1, 0.15) is 0 Å². The number of fused-ring (bicyclic) bond motifs is 1. The molecular weight excluding hydrogens is 250 g/mol. The Labute approximate surface area is 100.0 Å². The van der Waals surface area contributed by atoms with Crippen LogP contribution in [0.25, 0.3) is 10.9 Å². The SMILES string of the molecule is CSc1nc(Cl)c2ccc([N+](=O)[O-])cc2n1. The van der Waals surface area contributed by atoms with Gasteiger partial charge in [0, 0.05) is 17.5 Å². The van der Waals surface area contributed by atoms with Gasteiger partial charge in [-0.25, -0.2) is 9.97 Å². The fourth-order valence-corrected chi connectivity index (χ4v) is 1.93. The van der Waals surface area contributed by atoms with E-state index in [4.69, 9.17) is 11.6 Å². The van der Waals surface area contributed by atoms with Crippen molar-refractivity contribution in [1.29, 1.82) is 0 Å². The summed E-state index contributed by atoms with van der Waals surface area (Å²) in [4.78, 5) is 18.3. The van der Waals surface area contributed by atoms with Crippen LogP contribution in [0.2, 0.25) is 5.15 Å². The molecule has 1 heterocycles. The minimum absolute atomic E-state index is 0.00526. The van der Waals surface area contributed by atoms with Crippen LogP contribution >= 0.6 is 23.4 Å². The molecule has 2 aromatic rings. The van der Waals surface area contributed by atoms with Gasteiger partial charge < -0.3 is 0 Å². The molecule has 5 nitrogen and oxygen atoms in total. The molecule has 2 rings (SSSR count). The maximum atomic E-state index is 10.6. The van der Waals surface area contributed by atoms with Gasteiger partial charge >= 0.3 is 0 Å². The minimum Gasteiger partial charge on any atom is -0.258 e. The number of thioether (sulfide) groups is 1. The zero-order valence-electron chi connectivity index (χ0n) is 8.18. The first-order valence-corrected chi connectivity index (χ1v) is 5.88. The smallest absolute Gasteiger partial charge is 0.258 e.